The molecule has 0 spiro atoms. The lowest BCUT2D eigenvalue weighted by atomic mass is 9.71. The number of ether oxygens (including phenoxy) is 1. The van der Waals surface area contributed by atoms with Gasteiger partial charge in [0, 0.05) is 0 Å². The van der Waals surface area contributed by atoms with E-state index in [0.717, 1.165) is 12.8 Å². The lowest BCUT2D eigenvalue weighted by Gasteiger charge is -2.38. The van der Waals surface area contributed by atoms with Crippen molar-refractivity contribution in [2.75, 3.05) is 0 Å². The number of carbonyl (C=O) groups is 1. The molecule has 0 heterocycles. The Kier molecular flexibility index (Phi) is 5.20. The summed E-state index contributed by atoms with van der Waals surface area (Å²) < 4.78 is 5.60. The van der Waals surface area contributed by atoms with Crippen LogP contribution in [0.4, 0.5) is 0 Å². The van der Waals surface area contributed by atoms with Crippen LogP contribution in [0.1, 0.15) is 60.3 Å². The van der Waals surface area contributed by atoms with E-state index in [1.807, 2.05) is 0 Å². The molecule has 0 aromatic heterocycles. The summed E-state index contributed by atoms with van der Waals surface area (Å²) >= 11 is 0. The monoisotopic (exact) mass is 255 g/mol. The first-order chi connectivity index (χ1) is 8.19. The molecule has 1 rings (SSSR count). The molecular formula is C15H29NO2. The molecule has 106 valence electrons. The van der Waals surface area contributed by atoms with Gasteiger partial charge in [-0.2, -0.15) is 0 Å². The molecule has 3 atom stereocenters. The smallest absolute Gasteiger partial charge is 0.323 e. The Balaban J connectivity index is 2.49. The van der Waals surface area contributed by atoms with Crippen molar-refractivity contribution in [1.29, 1.82) is 0 Å². The fourth-order valence-electron chi connectivity index (χ4n) is 3.20. The van der Waals surface area contributed by atoms with E-state index in [0.29, 0.717) is 18.3 Å². The van der Waals surface area contributed by atoms with Crippen LogP contribution < -0.4 is 5.73 Å². The Bertz CT molecular complexity index is 286. The van der Waals surface area contributed by atoms with Crippen molar-refractivity contribution < 1.29 is 9.53 Å². The Hall–Kier alpha value is -0.570. The molecule has 1 aliphatic rings. The summed E-state index contributed by atoms with van der Waals surface area (Å²) in [6, 6.07) is -0.467. The normalized spacial score (nSPS) is 29.1. The molecule has 0 aromatic rings. The third-order valence-corrected chi connectivity index (χ3v) is 3.66. The Morgan fingerprint density at radius 1 is 1.39 bits per heavy atom. The van der Waals surface area contributed by atoms with E-state index in [1.54, 1.807) is 0 Å². The SMILES string of the molecule is CC(C)CC(N)C(=O)OC1CC(C)CC(C)(C)C1. The van der Waals surface area contributed by atoms with Crippen LogP contribution in [-0.4, -0.2) is 18.1 Å². The molecule has 0 aliphatic heterocycles. The first-order valence-corrected chi connectivity index (χ1v) is 7.15. The summed E-state index contributed by atoms with van der Waals surface area (Å²) in [6.07, 6.45) is 3.89. The maximum atomic E-state index is 11.9. The van der Waals surface area contributed by atoms with Crippen molar-refractivity contribution in [3.63, 3.8) is 0 Å². The maximum Gasteiger partial charge on any atom is 0.323 e. The van der Waals surface area contributed by atoms with Gasteiger partial charge in [-0.3, -0.25) is 4.79 Å². The van der Waals surface area contributed by atoms with Crippen molar-refractivity contribution in [1.82, 2.24) is 0 Å². The van der Waals surface area contributed by atoms with Gasteiger partial charge in [0.05, 0.1) is 0 Å². The molecule has 1 aliphatic carbocycles. The van der Waals surface area contributed by atoms with Crippen molar-refractivity contribution >= 4 is 5.97 Å². The molecule has 0 radical (unpaired) electrons. The molecule has 1 fully saturated rings. The van der Waals surface area contributed by atoms with E-state index in [-0.39, 0.29) is 17.5 Å². The molecule has 3 unspecified atom stereocenters. The highest BCUT2D eigenvalue weighted by atomic mass is 16.5. The first kappa shape index (κ1) is 15.5. The molecule has 2 N–H and O–H groups in total. The van der Waals surface area contributed by atoms with Crippen LogP contribution in [0.3, 0.4) is 0 Å². The number of esters is 1. The fraction of sp³-hybridized carbons (Fsp3) is 0.933. The first-order valence-electron chi connectivity index (χ1n) is 7.15. The summed E-state index contributed by atoms with van der Waals surface area (Å²) in [5, 5.41) is 0. The quantitative estimate of drug-likeness (QED) is 0.785. The van der Waals surface area contributed by atoms with Crippen LogP contribution in [0.25, 0.3) is 0 Å². The summed E-state index contributed by atoms with van der Waals surface area (Å²) in [4.78, 5) is 11.9. The van der Waals surface area contributed by atoms with E-state index in [9.17, 15) is 4.79 Å². The molecule has 3 heteroatoms. The topological polar surface area (TPSA) is 52.3 Å². The minimum absolute atomic E-state index is 0.0504. The predicted molar refractivity (Wildman–Crippen MR) is 74.1 cm³/mol. The summed E-state index contributed by atoms with van der Waals surface area (Å²) in [5.41, 5.74) is 6.13. The van der Waals surface area contributed by atoms with Gasteiger partial charge in [-0.1, -0.05) is 34.6 Å². The van der Waals surface area contributed by atoms with Gasteiger partial charge in [-0.25, -0.2) is 0 Å². The minimum atomic E-state index is -0.467. The van der Waals surface area contributed by atoms with E-state index < -0.39 is 6.04 Å². The van der Waals surface area contributed by atoms with E-state index >= 15 is 0 Å². The predicted octanol–water partition coefficient (Wildman–Crippen LogP) is 3.12. The highest BCUT2D eigenvalue weighted by molar-refractivity contribution is 5.75. The third-order valence-electron chi connectivity index (χ3n) is 3.66. The Morgan fingerprint density at radius 2 is 2.00 bits per heavy atom. The zero-order valence-electron chi connectivity index (χ0n) is 12.5. The summed E-state index contributed by atoms with van der Waals surface area (Å²) in [7, 11) is 0. The number of carbonyl (C=O) groups excluding carboxylic acids is 1. The average molecular weight is 255 g/mol. The van der Waals surface area contributed by atoms with Gasteiger partial charge in [-0.05, 0) is 42.9 Å². The maximum absolute atomic E-state index is 11.9. The van der Waals surface area contributed by atoms with Gasteiger partial charge < -0.3 is 10.5 Å². The molecular weight excluding hydrogens is 226 g/mol. The van der Waals surface area contributed by atoms with Crippen LogP contribution in [0, 0.1) is 17.3 Å². The van der Waals surface area contributed by atoms with Gasteiger partial charge in [-0.15, -0.1) is 0 Å². The van der Waals surface area contributed by atoms with E-state index in [4.69, 9.17) is 10.5 Å². The molecule has 0 aromatic carbocycles. The highest BCUT2D eigenvalue weighted by Gasteiger charge is 2.34. The number of hydrogen-bond donors (Lipinski definition) is 1. The van der Waals surface area contributed by atoms with Crippen molar-refractivity contribution in [3.8, 4) is 0 Å². The summed E-state index contributed by atoms with van der Waals surface area (Å²) in [5.74, 6) is 0.820. The van der Waals surface area contributed by atoms with Gasteiger partial charge >= 0.3 is 5.97 Å². The lowest BCUT2D eigenvalue weighted by Crippen LogP contribution is -2.39. The van der Waals surface area contributed by atoms with Gasteiger partial charge in [0.15, 0.2) is 0 Å². The number of hydrogen-bond acceptors (Lipinski definition) is 3. The van der Waals surface area contributed by atoms with Crippen LogP contribution in [-0.2, 0) is 9.53 Å². The van der Waals surface area contributed by atoms with Crippen LogP contribution >= 0.6 is 0 Å². The van der Waals surface area contributed by atoms with Crippen molar-refractivity contribution in [2.45, 2.75) is 72.4 Å². The van der Waals surface area contributed by atoms with Gasteiger partial charge in [0.25, 0.3) is 0 Å². The van der Waals surface area contributed by atoms with Gasteiger partial charge in [0.1, 0.15) is 12.1 Å². The van der Waals surface area contributed by atoms with Crippen LogP contribution in [0.5, 0.6) is 0 Å². The molecule has 0 amide bonds. The van der Waals surface area contributed by atoms with Crippen molar-refractivity contribution in [3.05, 3.63) is 0 Å². The second-order valence-corrected chi connectivity index (χ2v) is 7.21. The molecule has 0 saturated heterocycles. The largest absolute Gasteiger partial charge is 0.461 e. The Morgan fingerprint density at radius 3 is 2.50 bits per heavy atom. The van der Waals surface area contributed by atoms with Crippen LogP contribution in [0.2, 0.25) is 0 Å². The van der Waals surface area contributed by atoms with Crippen LogP contribution in [0.15, 0.2) is 0 Å². The lowest BCUT2D eigenvalue weighted by molar-refractivity contribution is -0.155. The average Bonchev–Trinajstić information content (AvgIpc) is 2.12. The van der Waals surface area contributed by atoms with E-state index in [2.05, 4.69) is 34.6 Å². The Labute approximate surface area is 111 Å². The fourth-order valence-corrected chi connectivity index (χ4v) is 3.20. The molecule has 0 bridgehead atoms. The zero-order valence-corrected chi connectivity index (χ0v) is 12.5. The van der Waals surface area contributed by atoms with E-state index in [1.165, 1.54) is 6.42 Å². The number of nitrogens with two attached hydrogens (primary N) is 1. The minimum Gasteiger partial charge on any atom is -0.461 e. The zero-order chi connectivity index (χ0) is 13.9. The molecule has 18 heavy (non-hydrogen) atoms. The summed E-state index contributed by atoms with van der Waals surface area (Å²) in [6.45, 7) is 10.9. The highest BCUT2D eigenvalue weighted by Crippen LogP contribution is 2.39. The molecule has 3 nitrogen and oxygen atoms in total. The van der Waals surface area contributed by atoms with Crippen molar-refractivity contribution in [2.24, 2.45) is 23.0 Å². The second-order valence-electron chi connectivity index (χ2n) is 7.21. The van der Waals surface area contributed by atoms with Gasteiger partial charge in [0.2, 0.25) is 0 Å². The molecule has 1 saturated carbocycles. The second kappa shape index (κ2) is 6.05. The third kappa shape index (κ3) is 4.97. The standard InChI is InChI=1S/C15H29NO2/c1-10(2)6-13(16)14(17)18-12-7-11(3)8-15(4,5)9-12/h10-13H,6-9,16H2,1-5H3. The number of rotatable bonds is 4.